The average Bonchev–Trinajstić information content (AvgIpc) is 2.27. The van der Waals surface area contributed by atoms with Crippen molar-refractivity contribution in [1.82, 2.24) is 0 Å². The predicted octanol–water partition coefficient (Wildman–Crippen LogP) is 2.53. The topological polar surface area (TPSA) is 87.7 Å². The molecule has 0 aliphatic heterocycles. The first-order valence-electron chi connectivity index (χ1n) is 5.51. The molecule has 98 valence electrons. The molecule has 1 aromatic carbocycles. The molecule has 0 bridgehead atoms. The fourth-order valence-electron chi connectivity index (χ4n) is 1.47. The van der Waals surface area contributed by atoms with E-state index in [-0.39, 0.29) is 17.7 Å². The van der Waals surface area contributed by atoms with Gasteiger partial charge in [-0.15, -0.1) is 0 Å². The van der Waals surface area contributed by atoms with E-state index in [9.17, 15) is 4.79 Å². The zero-order valence-electron chi connectivity index (χ0n) is 10.3. The molecule has 0 radical (unpaired) electrons. The second kappa shape index (κ2) is 6.39. The molecule has 1 rings (SSSR count). The molecule has 0 aliphatic rings. The molecule has 0 saturated carbocycles. The van der Waals surface area contributed by atoms with E-state index in [1.165, 1.54) is 0 Å². The summed E-state index contributed by atoms with van der Waals surface area (Å²) in [6, 6.07) is 5.14. The predicted molar refractivity (Wildman–Crippen MR) is 74.7 cm³/mol. The summed E-state index contributed by atoms with van der Waals surface area (Å²) in [5.74, 6) is 0.127. The molecule has 0 spiro atoms. The molecule has 0 fully saturated rings. The Balaban J connectivity index is 2.99. The van der Waals surface area contributed by atoms with Crippen LogP contribution in [-0.2, 0) is 4.79 Å². The Kier molecular flexibility index (Phi) is 5.15. The van der Waals surface area contributed by atoms with Gasteiger partial charge in [-0.2, -0.15) is 0 Å². The van der Waals surface area contributed by atoms with E-state index in [2.05, 4.69) is 26.4 Å². The minimum atomic E-state index is -0.102. The molecule has 4 N–H and O–H groups in total. The van der Waals surface area contributed by atoms with Crippen molar-refractivity contribution in [2.75, 3.05) is 5.32 Å². The summed E-state index contributed by atoms with van der Waals surface area (Å²) in [6.07, 6.45) is 0.419. The highest BCUT2D eigenvalue weighted by Crippen LogP contribution is 2.22. The Morgan fingerprint density at radius 3 is 2.78 bits per heavy atom. The number of nitrogens with two attached hydrogens (primary N) is 1. The number of benzene rings is 1. The minimum absolute atomic E-state index is 0.0395. The van der Waals surface area contributed by atoms with Gasteiger partial charge in [0.2, 0.25) is 5.91 Å². The standard InChI is InChI=1S/C12H16BrN3O2/c1-7(2)5-11(17)15-10-6-8(13)3-4-9(10)12(14)16-18/h3-4,6-7,18H,5H2,1-2H3,(H2,14,16)(H,15,17). The Morgan fingerprint density at radius 1 is 1.56 bits per heavy atom. The van der Waals surface area contributed by atoms with Crippen molar-refractivity contribution >= 4 is 33.4 Å². The number of nitrogens with one attached hydrogen (secondary N) is 1. The zero-order chi connectivity index (χ0) is 13.7. The average molecular weight is 314 g/mol. The maximum absolute atomic E-state index is 11.7. The van der Waals surface area contributed by atoms with Crippen LogP contribution in [0.15, 0.2) is 27.8 Å². The van der Waals surface area contributed by atoms with Crippen LogP contribution in [0.25, 0.3) is 0 Å². The van der Waals surface area contributed by atoms with E-state index in [1.54, 1.807) is 18.2 Å². The van der Waals surface area contributed by atoms with E-state index in [0.29, 0.717) is 17.7 Å². The largest absolute Gasteiger partial charge is 0.409 e. The molecule has 0 heterocycles. The van der Waals surface area contributed by atoms with Gasteiger partial charge in [0.05, 0.1) is 5.69 Å². The molecule has 0 unspecified atom stereocenters. The summed E-state index contributed by atoms with van der Waals surface area (Å²) in [4.78, 5) is 11.7. The first-order chi connectivity index (χ1) is 8.43. The van der Waals surface area contributed by atoms with Crippen LogP contribution >= 0.6 is 15.9 Å². The van der Waals surface area contributed by atoms with Crippen LogP contribution in [0.5, 0.6) is 0 Å². The molecule has 6 heteroatoms. The highest BCUT2D eigenvalue weighted by atomic mass is 79.9. The maximum Gasteiger partial charge on any atom is 0.224 e. The van der Waals surface area contributed by atoms with Crippen LogP contribution in [0.2, 0.25) is 0 Å². The molecular weight excluding hydrogens is 298 g/mol. The van der Waals surface area contributed by atoms with Crippen molar-refractivity contribution < 1.29 is 10.0 Å². The molecule has 0 saturated heterocycles. The number of carbonyl (C=O) groups excluding carboxylic acids is 1. The number of amidine groups is 1. The van der Waals surface area contributed by atoms with Crippen molar-refractivity contribution in [2.45, 2.75) is 20.3 Å². The lowest BCUT2D eigenvalue weighted by Gasteiger charge is -2.11. The molecule has 0 aliphatic carbocycles. The summed E-state index contributed by atoms with van der Waals surface area (Å²) in [7, 11) is 0. The van der Waals surface area contributed by atoms with Crippen molar-refractivity contribution in [3.05, 3.63) is 28.2 Å². The summed E-state index contributed by atoms with van der Waals surface area (Å²) in [6.45, 7) is 3.93. The lowest BCUT2D eigenvalue weighted by atomic mass is 10.1. The molecule has 5 nitrogen and oxygen atoms in total. The fraction of sp³-hybridized carbons (Fsp3) is 0.333. The molecule has 1 aromatic rings. The van der Waals surface area contributed by atoms with Crippen LogP contribution < -0.4 is 11.1 Å². The third-order valence-electron chi connectivity index (χ3n) is 2.23. The van der Waals surface area contributed by atoms with Gasteiger partial charge in [-0.05, 0) is 24.1 Å². The Labute approximate surface area is 114 Å². The van der Waals surface area contributed by atoms with E-state index in [4.69, 9.17) is 10.9 Å². The molecule has 0 atom stereocenters. The second-order valence-corrected chi connectivity index (χ2v) is 5.24. The van der Waals surface area contributed by atoms with Gasteiger partial charge in [0.1, 0.15) is 0 Å². The number of hydrogen-bond acceptors (Lipinski definition) is 3. The lowest BCUT2D eigenvalue weighted by molar-refractivity contribution is -0.116. The number of hydrogen-bond donors (Lipinski definition) is 3. The summed E-state index contributed by atoms with van der Waals surface area (Å²) in [5.41, 5.74) is 6.56. The number of anilines is 1. The van der Waals surface area contributed by atoms with Gasteiger partial charge >= 0.3 is 0 Å². The molecule has 1 amide bonds. The van der Waals surface area contributed by atoms with Gasteiger partial charge in [0.25, 0.3) is 0 Å². The van der Waals surface area contributed by atoms with Crippen molar-refractivity contribution in [3.63, 3.8) is 0 Å². The number of nitrogens with zero attached hydrogens (tertiary/aromatic N) is 1. The SMILES string of the molecule is CC(C)CC(=O)Nc1cc(Br)ccc1/C(N)=N/O. The number of oxime groups is 1. The van der Waals surface area contributed by atoms with E-state index < -0.39 is 0 Å². The first-order valence-corrected chi connectivity index (χ1v) is 6.30. The van der Waals surface area contributed by atoms with E-state index in [0.717, 1.165) is 4.47 Å². The van der Waals surface area contributed by atoms with Gasteiger partial charge in [-0.1, -0.05) is 34.9 Å². The highest BCUT2D eigenvalue weighted by molar-refractivity contribution is 9.10. The monoisotopic (exact) mass is 313 g/mol. The minimum Gasteiger partial charge on any atom is -0.409 e. The van der Waals surface area contributed by atoms with Gasteiger partial charge in [0, 0.05) is 16.5 Å². The fourth-order valence-corrected chi connectivity index (χ4v) is 1.83. The van der Waals surface area contributed by atoms with Crippen LogP contribution in [0.1, 0.15) is 25.8 Å². The van der Waals surface area contributed by atoms with Crippen LogP contribution in [0, 0.1) is 5.92 Å². The van der Waals surface area contributed by atoms with E-state index in [1.807, 2.05) is 13.8 Å². The molecule has 0 aromatic heterocycles. The Bertz CT molecular complexity index is 472. The Hall–Kier alpha value is -1.56. The highest BCUT2D eigenvalue weighted by Gasteiger charge is 2.11. The van der Waals surface area contributed by atoms with Gasteiger partial charge in [-0.25, -0.2) is 0 Å². The quantitative estimate of drug-likeness (QED) is 0.345. The summed E-state index contributed by atoms with van der Waals surface area (Å²) in [5, 5.41) is 14.4. The molecule has 18 heavy (non-hydrogen) atoms. The van der Waals surface area contributed by atoms with Crippen LogP contribution in [-0.4, -0.2) is 17.0 Å². The zero-order valence-corrected chi connectivity index (χ0v) is 11.9. The Morgan fingerprint density at radius 2 is 2.22 bits per heavy atom. The van der Waals surface area contributed by atoms with Gasteiger partial charge < -0.3 is 16.3 Å². The van der Waals surface area contributed by atoms with Crippen molar-refractivity contribution in [1.29, 1.82) is 0 Å². The first kappa shape index (κ1) is 14.5. The normalized spacial score (nSPS) is 11.7. The van der Waals surface area contributed by atoms with E-state index >= 15 is 0 Å². The van der Waals surface area contributed by atoms with Crippen molar-refractivity contribution in [2.24, 2.45) is 16.8 Å². The maximum atomic E-state index is 11.7. The number of rotatable bonds is 4. The number of amides is 1. The third kappa shape index (κ3) is 4.03. The van der Waals surface area contributed by atoms with Crippen LogP contribution in [0.4, 0.5) is 5.69 Å². The van der Waals surface area contributed by atoms with Crippen LogP contribution in [0.3, 0.4) is 0 Å². The van der Waals surface area contributed by atoms with Gasteiger partial charge in [-0.3, -0.25) is 4.79 Å². The van der Waals surface area contributed by atoms with Gasteiger partial charge in [0.15, 0.2) is 5.84 Å². The second-order valence-electron chi connectivity index (χ2n) is 4.32. The third-order valence-corrected chi connectivity index (χ3v) is 2.73. The summed E-state index contributed by atoms with van der Waals surface area (Å²) < 4.78 is 0.803. The summed E-state index contributed by atoms with van der Waals surface area (Å²) >= 11 is 3.31. The number of halogens is 1. The number of carbonyl (C=O) groups is 1. The smallest absolute Gasteiger partial charge is 0.224 e. The molecular formula is C12H16BrN3O2. The lowest BCUT2D eigenvalue weighted by Crippen LogP contribution is -2.20. The van der Waals surface area contributed by atoms with Crippen molar-refractivity contribution in [3.8, 4) is 0 Å².